The summed E-state index contributed by atoms with van der Waals surface area (Å²) >= 11 is 5.80. The Labute approximate surface area is 124 Å². The van der Waals surface area contributed by atoms with Crippen molar-refractivity contribution in [1.82, 2.24) is 0 Å². The molecule has 0 heterocycles. The molecule has 0 radical (unpaired) electrons. The largest absolute Gasteiger partial charge is 0.324 e. The Kier molecular flexibility index (Phi) is 4.46. The van der Waals surface area contributed by atoms with Gasteiger partial charge in [-0.15, -0.1) is 0 Å². The van der Waals surface area contributed by atoms with E-state index in [1.165, 1.54) is 11.1 Å². The monoisotopic (exact) mass is 291 g/mol. The molecule has 0 spiro atoms. The molecule has 2 aromatic rings. The van der Waals surface area contributed by atoms with Crippen molar-refractivity contribution >= 4 is 11.6 Å². The van der Waals surface area contributed by atoms with Crippen LogP contribution in [-0.4, -0.2) is 0 Å². The van der Waals surface area contributed by atoms with Gasteiger partial charge < -0.3 is 5.73 Å². The highest BCUT2D eigenvalue weighted by Crippen LogP contribution is 2.26. The summed E-state index contributed by atoms with van der Waals surface area (Å²) in [5.41, 5.74) is 11.5. The van der Waals surface area contributed by atoms with Crippen LogP contribution in [0.5, 0.6) is 0 Å². The summed E-state index contributed by atoms with van der Waals surface area (Å²) < 4.78 is 13.9. The molecule has 2 aromatic carbocycles. The molecule has 2 rings (SSSR count). The lowest BCUT2D eigenvalue weighted by molar-refractivity contribution is 0.593. The lowest BCUT2D eigenvalue weighted by Crippen LogP contribution is -2.16. The van der Waals surface area contributed by atoms with Gasteiger partial charge in [0.05, 0.1) is 5.02 Å². The van der Waals surface area contributed by atoms with E-state index in [1.807, 2.05) is 6.92 Å². The third kappa shape index (κ3) is 3.02. The predicted octanol–water partition coefficient (Wildman–Crippen LogP) is 4.65. The van der Waals surface area contributed by atoms with Crippen LogP contribution in [0.3, 0.4) is 0 Å². The quantitative estimate of drug-likeness (QED) is 0.875. The van der Waals surface area contributed by atoms with Crippen LogP contribution in [-0.2, 0) is 6.42 Å². The van der Waals surface area contributed by atoms with Gasteiger partial charge in [0.1, 0.15) is 5.82 Å². The number of hydrogen-bond acceptors (Lipinski definition) is 1. The van der Waals surface area contributed by atoms with E-state index in [4.69, 9.17) is 17.3 Å². The van der Waals surface area contributed by atoms with Gasteiger partial charge in [-0.25, -0.2) is 4.39 Å². The zero-order chi connectivity index (χ0) is 14.9. The normalized spacial score (nSPS) is 12.5. The average Bonchev–Trinajstić information content (AvgIpc) is 2.39. The van der Waals surface area contributed by atoms with Gasteiger partial charge in [0, 0.05) is 6.04 Å². The Bertz CT molecular complexity index is 637. The van der Waals surface area contributed by atoms with Gasteiger partial charge in [0.25, 0.3) is 0 Å². The van der Waals surface area contributed by atoms with Crippen LogP contribution >= 0.6 is 11.6 Å². The molecular weight excluding hydrogens is 273 g/mol. The molecule has 0 bridgehead atoms. The molecule has 0 fully saturated rings. The van der Waals surface area contributed by atoms with Gasteiger partial charge in [-0.3, -0.25) is 0 Å². The zero-order valence-electron chi connectivity index (χ0n) is 12.0. The summed E-state index contributed by atoms with van der Waals surface area (Å²) in [7, 11) is 0. The third-order valence-corrected chi connectivity index (χ3v) is 4.05. The molecule has 2 N–H and O–H groups in total. The van der Waals surface area contributed by atoms with Crippen molar-refractivity contribution in [1.29, 1.82) is 0 Å². The molecule has 0 saturated heterocycles. The van der Waals surface area contributed by atoms with E-state index in [0.29, 0.717) is 12.0 Å². The fourth-order valence-electron chi connectivity index (χ4n) is 2.44. The molecule has 3 heteroatoms. The third-order valence-electron chi connectivity index (χ3n) is 3.75. The molecular formula is C17H19ClFN. The first kappa shape index (κ1) is 15.0. The van der Waals surface area contributed by atoms with Crippen LogP contribution in [0.4, 0.5) is 4.39 Å². The number of rotatable bonds is 3. The number of aryl methyl sites for hydroxylation is 3. The zero-order valence-corrected chi connectivity index (χ0v) is 12.8. The van der Waals surface area contributed by atoms with Crippen LogP contribution in [0, 0.1) is 26.6 Å². The molecule has 0 amide bonds. The Morgan fingerprint density at radius 1 is 1.10 bits per heavy atom. The van der Waals surface area contributed by atoms with Gasteiger partial charge in [-0.2, -0.15) is 0 Å². The van der Waals surface area contributed by atoms with Crippen molar-refractivity contribution in [3.63, 3.8) is 0 Å². The summed E-state index contributed by atoms with van der Waals surface area (Å²) in [6.07, 6.45) is 0.440. The number of hydrogen-bond donors (Lipinski definition) is 1. The van der Waals surface area contributed by atoms with Crippen molar-refractivity contribution in [2.24, 2.45) is 5.73 Å². The Hall–Kier alpha value is -1.38. The van der Waals surface area contributed by atoms with Gasteiger partial charge in [-0.1, -0.05) is 35.9 Å². The number of nitrogens with two attached hydrogens (primary N) is 1. The second-order valence-electron chi connectivity index (χ2n) is 5.32. The van der Waals surface area contributed by atoms with E-state index in [1.54, 1.807) is 18.2 Å². The fraction of sp³-hybridized carbons (Fsp3) is 0.294. The van der Waals surface area contributed by atoms with Gasteiger partial charge in [0.15, 0.2) is 0 Å². The van der Waals surface area contributed by atoms with E-state index in [0.717, 1.165) is 11.1 Å². The molecule has 1 atom stereocenters. The molecule has 106 valence electrons. The van der Waals surface area contributed by atoms with E-state index >= 15 is 0 Å². The molecule has 1 unspecified atom stereocenters. The van der Waals surface area contributed by atoms with E-state index in [9.17, 15) is 4.39 Å². The van der Waals surface area contributed by atoms with Gasteiger partial charge in [-0.05, 0) is 61.1 Å². The van der Waals surface area contributed by atoms with Gasteiger partial charge in [0.2, 0.25) is 0 Å². The van der Waals surface area contributed by atoms with Crippen molar-refractivity contribution in [3.8, 4) is 0 Å². The minimum absolute atomic E-state index is 0.145. The van der Waals surface area contributed by atoms with Crippen LogP contribution in [0.2, 0.25) is 5.02 Å². The average molecular weight is 292 g/mol. The van der Waals surface area contributed by atoms with Crippen molar-refractivity contribution in [3.05, 3.63) is 69.0 Å². The van der Waals surface area contributed by atoms with Crippen molar-refractivity contribution < 1.29 is 4.39 Å². The maximum Gasteiger partial charge on any atom is 0.145 e. The predicted molar refractivity (Wildman–Crippen MR) is 82.7 cm³/mol. The minimum Gasteiger partial charge on any atom is -0.324 e. The smallest absolute Gasteiger partial charge is 0.145 e. The Balaban J connectivity index is 2.31. The van der Waals surface area contributed by atoms with Crippen LogP contribution in [0.25, 0.3) is 0 Å². The first-order chi connectivity index (χ1) is 9.40. The highest BCUT2D eigenvalue weighted by molar-refractivity contribution is 6.30. The Morgan fingerprint density at radius 3 is 2.45 bits per heavy atom. The number of halogens is 2. The SMILES string of the molecule is Cc1cc(C)c(C(N)Cc2cccc(Cl)c2F)cc1C. The summed E-state index contributed by atoms with van der Waals surface area (Å²) in [6.45, 7) is 6.18. The standard InChI is InChI=1S/C17H19ClFN/c1-10-7-12(3)14(8-11(10)2)16(20)9-13-5-4-6-15(18)17(13)19/h4-8,16H,9,20H2,1-3H3. The Morgan fingerprint density at radius 2 is 1.75 bits per heavy atom. The molecule has 0 aliphatic carbocycles. The summed E-state index contributed by atoms with van der Waals surface area (Å²) in [5, 5.41) is 0.145. The van der Waals surface area contributed by atoms with Crippen molar-refractivity contribution in [2.45, 2.75) is 33.2 Å². The highest BCUT2D eigenvalue weighted by Gasteiger charge is 2.14. The molecule has 0 aliphatic heterocycles. The van der Waals surface area contributed by atoms with E-state index in [-0.39, 0.29) is 16.9 Å². The van der Waals surface area contributed by atoms with Crippen LogP contribution in [0.15, 0.2) is 30.3 Å². The maximum atomic E-state index is 13.9. The van der Waals surface area contributed by atoms with Crippen LogP contribution < -0.4 is 5.73 Å². The topological polar surface area (TPSA) is 26.0 Å². The van der Waals surface area contributed by atoms with E-state index in [2.05, 4.69) is 26.0 Å². The highest BCUT2D eigenvalue weighted by atomic mass is 35.5. The van der Waals surface area contributed by atoms with Gasteiger partial charge >= 0.3 is 0 Å². The second-order valence-corrected chi connectivity index (χ2v) is 5.72. The minimum atomic E-state index is -0.369. The lowest BCUT2D eigenvalue weighted by Gasteiger charge is -2.17. The number of benzene rings is 2. The van der Waals surface area contributed by atoms with Crippen LogP contribution in [0.1, 0.15) is 33.9 Å². The molecule has 1 nitrogen and oxygen atoms in total. The maximum absolute atomic E-state index is 13.9. The molecule has 0 saturated carbocycles. The first-order valence-electron chi connectivity index (χ1n) is 6.66. The summed E-state index contributed by atoms with van der Waals surface area (Å²) in [6, 6.07) is 9.02. The van der Waals surface area contributed by atoms with E-state index < -0.39 is 0 Å². The lowest BCUT2D eigenvalue weighted by atomic mass is 9.92. The summed E-state index contributed by atoms with van der Waals surface area (Å²) in [5.74, 6) is -0.369. The first-order valence-corrected chi connectivity index (χ1v) is 7.04. The molecule has 0 aliphatic rings. The van der Waals surface area contributed by atoms with Crippen molar-refractivity contribution in [2.75, 3.05) is 0 Å². The summed E-state index contributed by atoms with van der Waals surface area (Å²) in [4.78, 5) is 0. The molecule has 0 aromatic heterocycles. The fourth-order valence-corrected chi connectivity index (χ4v) is 2.63. The molecule has 20 heavy (non-hydrogen) atoms. The second kappa shape index (κ2) is 5.94.